The van der Waals surface area contributed by atoms with E-state index in [1.54, 1.807) is 11.3 Å². The van der Waals surface area contributed by atoms with Gasteiger partial charge in [-0.2, -0.15) is 0 Å². The molecule has 0 N–H and O–H groups in total. The lowest BCUT2D eigenvalue weighted by molar-refractivity contribution is 0.0673. The SMILES string of the molecule is CCCCN(C(=O)c1csc(C)n1)C1CCCC1. The summed E-state index contributed by atoms with van der Waals surface area (Å²) in [6, 6.07) is 0.450. The maximum atomic E-state index is 12.5. The summed E-state index contributed by atoms with van der Waals surface area (Å²) in [6.07, 6.45) is 7.07. The number of aromatic nitrogens is 1. The smallest absolute Gasteiger partial charge is 0.273 e. The van der Waals surface area contributed by atoms with Crippen molar-refractivity contribution >= 4 is 17.2 Å². The summed E-state index contributed by atoms with van der Waals surface area (Å²) >= 11 is 1.56. The van der Waals surface area contributed by atoms with Gasteiger partial charge in [0, 0.05) is 18.0 Å². The number of carbonyl (C=O) groups is 1. The number of rotatable bonds is 5. The summed E-state index contributed by atoms with van der Waals surface area (Å²) in [6.45, 7) is 5.01. The third-order valence-corrected chi connectivity index (χ3v) is 4.39. The molecule has 0 spiro atoms. The Morgan fingerprint density at radius 2 is 2.22 bits per heavy atom. The largest absolute Gasteiger partial charge is 0.334 e. The number of thiazole rings is 1. The molecule has 0 aliphatic heterocycles. The Hall–Kier alpha value is -0.900. The van der Waals surface area contributed by atoms with E-state index in [2.05, 4.69) is 16.8 Å². The van der Waals surface area contributed by atoms with Crippen molar-refractivity contribution in [3.63, 3.8) is 0 Å². The highest BCUT2D eigenvalue weighted by Gasteiger charge is 2.27. The van der Waals surface area contributed by atoms with Gasteiger partial charge in [0.1, 0.15) is 5.69 Å². The van der Waals surface area contributed by atoms with Crippen LogP contribution in [0.25, 0.3) is 0 Å². The second-order valence-corrected chi connectivity index (χ2v) is 6.10. The molecule has 0 unspecified atom stereocenters. The van der Waals surface area contributed by atoms with Crippen LogP contribution in [-0.2, 0) is 0 Å². The Bertz CT molecular complexity index is 396. The number of unbranched alkanes of at least 4 members (excludes halogenated alkanes) is 1. The molecule has 0 bridgehead atoms. The van der Waals surface area contributed by atoms with Gasteiger partial charge in [-0.05, 0) is 26.2 Å². The van der Waals surface area contributed by atoms with E-state index in [1.165, 1.54) is 25.7 Å². The molecule has 100 valence electrons. The van der Waals surface area contributed by atoms with Crippen molar-refractivity contribution in [2.75, 3.05) is 6.54 Å². The molecule has 4 heteroatoms. The van der Waals surface area contributed by atoms with Gasteiger partial charge in [-0.25, -0.2) is 4.98 Å². The molecule has 0 radical (unpaired) electrons. The molecular weight excluding hydrogens is 244 g/mol. The molecule has 0 aromatic carbocycles. The lowest BCUT2D eigenvalue weighted by Gasteiger charge is -2.28. The molecule has 1 amide bonds. The average molecular weight is 266 g/mol. The first kappa shape index (κ1) is 13.5. The summed E-state index contributed by atoms with van der Waals surface area (Å²) in [5, 5.41) is 2.87. The Balaban J connectivity index is 2.09. The van der Waals surface area contributed by atoms with Gasteiger partial charge in [0.25, 0.3) is 5.91 Å². The van der Waals surface area contributed by atoms with E-state index in [9.17, 15) is 4.79 Å². The third kappa shape index (κ3) is 3.10. The topological polar surface area (TPSA) is 33.2 Å². The minimum absolute atomic E-state index is 0.139. The molecular formula is C14H22N2OS. The maximum absolute atomic E-state index is 12.5. The zero-order valence-electron chi connectivity index (χ0n) is 11.3. The van der Waals surface area contributed by atoms with Gasteiger partial charge in [0.15, 0.2) is 0 Å². The molecule has 1 aliphatic rings. The molecule has 1 heterocycles. The number of carbonyl (C=O) groups excluding carboxylic acids is 1. The molecule has 1 aromatic rings. The fourth-order valence-electron chi connectivity index (χ4n) is 2.60. The first-order valence-corrected chi connectivity index (χ1v) is 7.83. The fraction of sp³-hybridized carbons (Fsp3) is 0.714. The van der Waals surface area contributed by atoms with Crippen molar-refractivity contribution in [3.05, 3.63) is 16.1 Å². The standard InChI is InChI=1S/C14H22N2OS/c1-3-4-9-16(12-7-5-6-8-12)14(17)13-10-18-11(2)15-13/h10,12H,3-9H2,1-2H3. The van der Waals surface area contributed by atoms with Gasteiger partial charge in [0.2, 0.25) is 0 Å². The van der Waals surface area contributed by atoms with Crippen LogP contribution < -0.4 is 0 Å². The summed E-state index contributed by atoms with van der Waals surface area (Å²) in [5.74, 6) is 0.139. The number of hydrogen-bond donors (Lipinski definition) is 0. The van der Waals surface area contributed by atoms with Crippen molar-refractivity contribution in [2.45, 2.75) is 58.4 Å². The predicted molar refractivity (Wildman–Crippen MR) is 75.1 cm³/mol. The average Bonchev–Trinajstić information content (AvgIpc) is 3.00. The van der Waals surface area contributed by atoms with Crippen LogP contribution in [-0.4, -0.2) is 28.4 Å². The van der Waals surface area contributed by atoms with E-state index in [0.717, 1.165) is 24.4 Å². The first-order chi connectivity index (χ1) is 8.72. The van der Waals surface area contributed by atoms with E-state index in [-0.39, 0.29) is 5.91 Å². The zero-order chi connectivity index (χ0) is 13.0. The minimum atomic E-state index is 0.139. The second kappa shape index (κ2) is 6.32. The normalized spacial score (nSPS) is 16.1. The highest BCUT2D eigenvalue weighted by atomic mass is 32.1. The second-order valence-electron chi connectivity index (χ2n) is 5.04. The van der Waals surface area contributed by atoms with Crippen molar-refractivity contribution in [2.24, 2.45) is 0 Å². The monoisotopic (exact) mass is 266 g/mol. The number of amides is 1. The molecule has 18 heavy (non-hydrogen) atoms. The lowest BCUT2D eigenvalue weighted by atomic mass is 10.1. The Morgan fingerprint density at radius 1 is 1.50 bits per heavy atom. The van der Waals surface area contributed by atoms with Gasteiger partial charge in [0.05, 0.1) is 5.01 Å². The van der Waals surface area contributed by atoms with Gasteiger partial charge in [-0.1, -0.05) is 26.2 Å². The van der Waals surface area contributed by atoms with Crippen LogP contribution >= 0.6 is 11.3 Å². The van der Waals surface area contributed by atoms with Crippen LogP contribution in [0.1, 0.15) is 60.9 Å². The summed E-state index contributed by atoms with van der Waals surface area (Å²) < 4.78 is 0. The van der Waals surface area contributed by atoms with E-state index < -0.39 is 0 Å². The summed E-state index contributed by atoms with van der Waals surface area (Å²) in [4.78, 5) is 18.9. The van der Waals surface area contributed by atoms with Gasteiger partial charge < -0.3 is 4.90 Å². The Kier molecular flexibility index (Phi) is 4.75. The molecule has 0 saturated heterocycles. The molecule has 1 fully saturated rings. The van der Waals surface area contributed by atoms with Crippen LogP contribution in [0.4, 0.5) is 0 Å². The highest BCUT2D eigenvalue weighted by molar-refractivity contribution is 7.09. The Labute approximate surface area is 113 Å². The first-order valence-electron chi connectivity index (χ1n) is 6.95. The van der Waals surface area contributed by atoms with Crippen LogP contribution in [0.5, 0.6) is 0 Å². The van der Waals surface area contributed by atoms with Gasteiger partial charge in [-0.3, -0.25) is 4.79 Å². The van der Waals surface area contributed by atoms with E-state index in [4.69, 9.17) is 0 Å². The minimum Gasteiger partial charge on any atom is -0.334 e. The van der Waals surface area contributed by atoms with Crippen molar-refractivity contribution in [3.8, 4) is 0 Å². The lowest BCUT2D eigenvalue weighted by Crippen LogP contribution is -2.39. The third-order valence-electron chi connectivity index (χ3n) is 3.62. The highest BCUT2D eigenvalue weighted by Crippen LogP contribution is 2.25. The number of nitrogens with zero attached hydrogens (tertiary/aromatic N) is 2. The molecule has 1 saturated carbocycles. The zero-order valence-corrected chi connectivity index (χ0v) is 12.1. The number of aryl methyl sites for hydroxylation is 1. The van der Waals surface area contributed by atoms with Crippen molar-refractivity contribution in [1.29, 1.82) is 0 Å². The quantitative estimate of drug-likeness (QED) is 0.815. The van der Waals surface area contributed by atoms with Crippen LogP contribution in [0.3, 0.4) is 0 Å². The number of hydrogen-bond acceptors (Lipinski definition) is 3. The van der Waals surface area contributed by atoms with E-state index in [0.29, 0.717) is 11.7 Å². The Morgan fingerprint density at radius 3 is 2.78 bits per heavy atom. The maximum Gasteiger partial charge on any atom is 0.273 e. The van der Waals surface area contributed by atoms with Crippen LogP contribution in [0.15, 0.2) is 5.38 Å². The van der Waals surface area contributed by atoms with Gasteiger partial charge >= 0.3 is 0 Å². The predicted octanol–water partition coefficient (Wildman–Crippen LogP) is 3.64. The van der Waals surface area contributed by atoms with Gasteiger partial charge in [-0.15, -0.1) is 11.3 Å². The molecule has 1 aromatic heterocycles. The molecule has 2 rings (SSSR count). The summed E-state index contributed by atoms with van der Waals surface area (Å²) in [7, 11) is 0. The van der Waals surface area contributed by atoms with Crippen molar-refractivity contribution < 1.29 is 4.79 Å². The van der Waals surface area contributed by atoms with E-state index in [1.807, 2.05) is 12.3 Å². The van der Waals surface area contributed by atoms with Crippen LogP contribution in [0, 0.1) is 6.92 Å². The van der Waals surface area contributed by atoms with Crippen molar-refractivity contribution in [1.82, 2.24) is 9.88 Å². The molecule has 3 nitrogen and oxygen atoms in total. The van der Waals surface area contributed by atoms with Crippen LogP contribution in [0.2, 0.25) is 0 Å². The fourth-order valence-corrected chi connectivity index (χ4v) is 3.19. The molecule has 1 aliphatic carbocycles. The van der Waals surface area contributed by atoms with E-state index >= 15 is 0 Å². The summed E-state index contributed by atoms with van der Waals surface area (Å²) in [5.41, 5.74) is 0.639. The molecule has 0 atom stereocenters.